The van der Waals surface area contributed by atoms with Crippen LogP contribution in [0.25, 0.3) is 16.3 Å². The predicted octanol–water partition coefficient (Wildman–Crippen LogP) is 2.54. The molecule has 26 heavy (non-hydrogen) atoms. The number of carbonyl (C=O) groups is 3. The molecule has 0 aliphatic rings. The van der Waals surface area contributed by atoms with Crippen LogP contribution in [-0.2, 0) is 9.47 Å². The fraction of sp³-hybridized carbons (Fsp3) is 0.211. The van der Waals surface area contributed by atoms with Gasteiger partial charge in [0, 0.05) is 11.6 Å². The van der Waals surface area contributed by atoms with E-state index in [2.05, 4.69) is 0 Å². The summed E-state index contributed by atoms with van der Waals surface area (Å²) in [7, 11) is 0. The van der Waals surface area contributed by atoms with Crippen LogP contribution < -0.4 is 5.73 Å². The average molecular weight is 354 g/mol. The van der Waals surface area contributed by atoms with E-state index < -0.39 is 17.8 Å². The Morgan fingerprint density at radius 3 is 2.19 bits per heavy atom. The molecule has 0 spiro atoms. The Morgan fingerprint density at radius 2 is 1.58 bits per heavy atom. The first-order valence-electron chi connectivity index (χ1n) is 8.21. The zero-order valence-electron chi connectivity index (χ0n) is 14.4. The lowest BCUT2D eigenvalue weighted by atomic mass is 10.1. The van der Waals surface area contributed by atoms with Crippen molar-refractivity contribution in [2.75, 3.05) is 13.2 Å². The minimum absolute atomic E-state index is 0.0177. The van der Waals surface area contributed by atoms with Crippen LogP contribution in [0.3, 0.4) is 0 Å². The molecule has 0 saturated carbocycles. The Labute approximate surface area is 149 Å². The number of amides is 1. The van der Waals surface area contributed by atoms with Gasteiger partial charge in [0.05, 0.1) is 18.7 Å². The van der Waals surface area contributed by atoms with Gasteiger partial charge >= 0.3 is 11.9 Å². The van der Waals surface area contributed by atoms with Gasteiger partial charge in [-0.2, -0.15) is 0 Å². The standard InChI is InChI=1S/C19H18N2O5/c1-3-25-18(23)13-14(19(24)26-4-2)16(17(20)22)21-10-9-11-7-5-6-8-12(11)15(13)21/h5-10H,3-4H2,1-2H3,(H2,20,22). The second-order valence-corrected chi connectivity index (χ2v) is 5.53. The summed E-state index contributed by atoms with van der Waals surface area (Å²) in [5.41, 5.74) is 5.62. The molecule has 0 aliphatic carbocycles. The number of primary amides is 1. The summed E-state index contributed by atoms with van der Waals surface area (Å²) in [6.07, 6.45) is 1.60. The molecule has 0 fully saturated rings. The third-order valence-corrected chi connectivity index (χ3v) is 4.02. The van der Waals surface area contributed by atoms with Crippen LogP contribution in [0.15, 0.2) is 36.5 Å². The van der Waals surface area contributed by atoms with Gasteiger partial charge in [0.25, 0.3) is 5.91 Å². The monoisotopic (exact) mass is 354 g/mol. The van der Waals surface area contributed by atoms with E-state index in [0.717, 1.165) is 5.39 Å². The fourth-order valence-electron chi connectivity index (χ4n) is 3.06. The van der Waals surface area contributed by atoms with Gasteiger partial charge in [-0.15, -0.1) is 0 Å². The normalized spacial score (nSPS) is 10.8. The summed E-state index contributed by atoms with van der Waals surface area (Å²) in [4.78, 5) is 37.3. The van der Waals surface area contributed by atoms with E-state index in [1.54, 1.807) is 38.2 Å². The highest BCUT2D eigenvalue weighted by molar-refractivity contribution is 6.19. The third-order valence-electron chi connectivity index (χ3n) is 4.02. The SMILES string of the molecule is CCOC(=O)c1c(C(=O)OCC)c2c3ccccc3ccn2c1C(N)=O. The molecule has 0 saturated heterocycles. The van der Waals surface area contributed by atoms with E-state index in [9.17, 15) is 14.4 Å². The zero-order chi connectivity index (χ0) is 18.8. The topological polar surface area (TPSA) is 100 Å². The van der Waals surface area contributed by atoms with E-state index in [0.29, 0.717) is 10.9 Å². The number of hydrogen-bond donors (Lipinski definition) is 1. The molecule has 1 amide bonds. The van der Waals surface area contributed by atoms with Crippen molar-refractivity contribution in [1.29, 1.82) is 0 Å². The number of hydrogen-bond acceptors (Lipinski definition) is 5. The van der Waals surface area contributed by atoms with Crippen molar-refractivity contribution in [2.24, 2.45) is 5.73 Å². The van der Waals surface area contributed by atoms with Gasteiger partial charge in [0.15, 0.2) is 0 Å². The Bertz CT molecular complexity index is 1040. The van der Waals surface area contributed by atoms with E-state index in [1.807, 2.05) is 12.1 Å². The minimum atomic E-state index is -0.839. The molecule has 0 radical (unpaired) electrons. The second-order valence-electron chi connectivity index (χ2n) is 5.53. The van der Waals surface area contributed by atoms with Gasteiger partial charge in [-0.1, -0.05) is 24.3 Å². The maximum atomic E-state index is 12.7. The van der Waals surface area contributed by atoms with Crippen LogP contribution in [0.4, 0.5) is 0 Å². The molecular formula is C19H18N2O5. The first-order valence-corrected chi connectivity index (χ1v) is 8.21. The van der Waals surface area contributed by atoms with Crippen LogP contribution in [0.1, 0.15) is 45.1 Å². The van der Waals surface area contributed by atoms with E-state index in [-0.39, 0.29) is 30.0 Å². The zero-order valence-corrected chi connectivity index (χ0v) is 14.4. The highest BCUT2D eigenvalue weighted by Gasteiger charge is 2.33. The number of fused-ring (bicyclic) bond motifs is 3. The molecule has 2 aromatic heterocycles. The quantitative estimate of drug-likeness (QED) is 0.710. The lowest BCUT2D eigenvalue weighted by Gasteiger charge is -2.06. The molecule has 2 heterocycles. The lowest BCUT2D eigenvalue weighted by Crippen LogP contribution is -2.20. The number of aromatic nitrogens is 1. The molecule has 7 heteroatoms. The molecule has 1 aromatic carbocycles. The smallest absolute Gasteiger partial charge is 0.341 e. The lowest BCUT2D eigenvalue weighted by molar-refractivity contribution is 0.0480. The molecule has 3 rings (SSSR count). The number of carbonyl (C=O) groups excluding carboxylic acids is 3. The molecule has 3 aromatic rings. The van der Waals surface area contributed by atoms with Crippen LogP contribution in [0.5, 0.6) is 0 Å². The summed E-state index contributed by atoms with van der Waals surface area (Å²) in [5, 5.41) is 1.53. The summed E-state index contributed by atoms with van der Waals surface area (Å²) in [6.45, 7) is 3.51. The number of rotatable bonds is 5. The number of pyridine rings is 1. The Morgan fingerprint density at radius 1 is 0.962 bits per heavy atom. The van der Waals surface area contributed by atoms with Crippen LogP contribution >= 0.6 is 0 Å². The molecule has 0 atom stereocenters. The first-order chi connectivity index (χ1) is 12.5. The van der Waals surface area contributed by atoms with Gasteiger partial charge in [-0.3, -0.25) is 4.79 Å². The van der Waals surface area contributed by atoms with Crippen molar-refractivity contribution >= 4 is 34.1 Å². The van der Waals surface area contributed by atoms with Crippen molar-refractivity contribution in [3.05, 3.63) is 53.3 Å². The number of benzene rings is 1. The molecule has 0 aliphatic heterocycles. The van der Waals surface area contributed by atoms with Gasteiger partial charge in [0.1, 0.15) is 16.8 Å². The molecule has 134 valence electrons. The summed E-state index contributed by atoms with van der Waals surface area (Å²) < 4.78 is 11.6. The Balaban J connectivity index is 2.52. The fourth-order valence-corrected chi connectivity index (χ4v) is 3.06. The number of ether oxygens (including phenoxy) is 2. The van der Waals surface area contributed by atoms with Gasteiger partial charge in [-0.25, -0.2) is 9.59 Å². The molecule has 7 nitrogen and oxygen atoms in total. The number of nitrogens with zero attached hydrogens (tertiary/aromatic N) is 1. The van der Waals surface area contributed by atoms with Crippen molar-refractivity contribution in [3.63, 3.8) is 0 Å². The van der Waals surface area contributed by atoms with E-state index in [4.69, 9.17) is 15.2 Å². The maximum Gasteiger partial charge on any atom is 0.341 e. The van der Waals surface area contributed by atoms with Crippen molar-refractivity contribution in [2.45, 2.75) is 13.8 Å². The largest absolute Gasteiger partial charge is 0.462 e. The molecule has 0 unspecified atom stereocenters. The highest BCUT2D eigenvalue weighted by Crippen LogP contribution is 2.31. The number of nitrogens with two attached hydrogens (primary N) is 1. The van der Waals surface area contributed by atoms with Crippen molar-refractivity contribution < 1.29 is 23.9 Å². The van der Waals surface area contributed by atoms with Crippen molar-refractivity contribution in [1.82, 2.24) is 4.40 Å². The minimum Gasteiger partial charge on any atom is -0.462 e. The van der Waals surface area contributed by atoms with E-state index in [1.165, 1.54) is 4.40 Å². The van der Waals surface area contributed by atoms with Crippen LogP contribution in [0, 0.1) is 0 Å². The summed E-state index contributed by atoms with van der Waals surface area (Å²) >= 11 is 0. The average Bonchev–Trinajstić information content (AvgIpc) is 2.98. The molecular weight excluding hydrogens is 336 g/mol. The summed E-state index contributed by atoms with van der Waals surface area (Å²) in [5.74, 6) is -2.34. The second kappa shape index (κ2) is 6.87. The van der Waals surface area contributed by atoms with Gasteiger partial charge in [0.2, 0.25) is 0 Å². The Hall–Kier alpha value is -3.35. The van der Waals surface area contributed by atoms with Crippen molar-refractivity contribution in [3.8, 4) is 0 Å². The molecule has 2 N–H and O–H groups in total. The van der Waals surface area contributed by atoms with Crippen LogP contribution in [0.2, 0.25) is 0 Å². The Kier molecular flexibility index (Phi) is 4.62. The highest BCUT2D eigenvalue weighted by atomic mass is 16.5. The van der Waals surface area contributed by atoms with Crippen LogP contribution in [-0.4, -0.2) is 35.5 Å². The number of esters is 2. The first kappa shape index (κ1) is 17.5. The predicted molar refractivity (Wildman–Crippen MR) is 95.3 cm³/mol. The van der Waals surface area contributed by atoms with Gasteiger partial charge < -0.3 is 19.6 Å². The maximum absolute atomic E-state index is 12.7. The third kappa shape index (κ3) is 2.67. The van der Waals surface area contributed by atoms with E-state index >= 15 is 0 Å². The summed E-state index contributed by atoms with van der Waals surface area (Å²) in [6, 6.07) is 9.10. The molecule has 0 bridgehead atoms. The van der Waals surface area contributed by atoms with Gasteiger partial charge in [-0.05, 0) is 25.3 Å².